The van der Waals surface area contributed by atoms with E-state index in [4.69, 9.17) is 5.73 Å². The number of hydrogen-bond donors (Lipinski definition) is 3. The van der Waals surface area contributed by atoms with Crippen molar-refractivity contribution in [2.24, 2.45) is 0 Å². The van der Waals surface area contributed by atoms with Gasteiger partial charge in [-0.3, -0.25) is 0 Å². The molecular formula is C19H27N5. The van der Waals surface area contributed by atoms with Crippen LogP contribution in [0, 0.1) is 0 Å². The molecule has 1 aliphatic carbocycles. The summed E-state index contributed by atoms with van der Waals surface area (Å²) in [6, 6.07) is 10.9. The van der Waals surface area contributed by atoms with Gasteiger partial charge in [0.2, 0.25) is 0 Å². The maximum Gasteiger partial charge on any atom is 0.155 e. The predicted octanol–water partition coefficient (Wildman–Crippen LogP) is 3.85. The van der Waals surface area contributed by atoms with Gasteiger partial charge in [0, 0.05) is 12.6 Å². The Hall–Kier alpha value is -2.30. The van der Waals surface area contributed by atoms with Crippen LogP contribution >= 0.6 is 0 Å². The van der Waals surface area contributed by atoms with E-state index in [1.165, 1.54) is 44.1 Å². The van der Waals surface area contributed by atoms with Gasteiger partial charge in [-0.25, -0.2) is 9.97 Å². The van der Waals surface area contributed by atoms with Crippen molar-refractivity contribution in [2.45, 2.75) is 51.0 Å². The molecule has 0 aliphatic heterocycles. The van der Waals surface area contributed by atoms with E-state index in [9.17, 15) is 0 Å². The molecule has 2 aromatic rings. The highest BCUT2D eigenvalue weighted by Gasteiger charge is 2.15. The molecule has 0 radical (unpaired) electrons. The summed E-state index contributed by atoms with van der Waals surface area (Å²) in [5, 5.41) is 6.86. The fourth-order valence-corrected chi connectivity index (χ4v) is 3.24. The van der Waals surface area contributed by atoms with Crippen LogP contribution in [0.5, 0.6) is 0 Å². The Bertz CT molecular complexity index is 621. The Kier molecular flexibility index (Phi) is 5.88. The third kappa shape index (κ3) is 4.60. The third-order valence-corrected chi connectivity index (χ3v) is 4.63. The van der Waals surface area contributed by atoms with Gasteiger partial charge in [0.1, 0.15) is 12.0 Å². The van der Waals surface area contributed by atoms with Gasteiger partial charge in [-0.2, -0.15) is 0 Å². The number of benzene rings is 1. The zero-order chi connectivity index (χ0) is 16.6. The Labute approximate surface area is 144 Å². The van der Waals surface area contributed by atoms with Gasteiger partial charge in [0.25, 0.3) is 0 Å². The van der Waals surface area contributed by atoms with Gasteiger partial charge in [-0.1, -0.05) is 56.0 Å². The van der Waals surface area contributed by atoms with Crippen molar-refractivity contribution in [2.75, 3.05) is 22.9 Å². The minimum absolute atomic E-state index is 0.474. The van der Waals surface area contributed by atoms with Gasteiger partial charge in [-0.05, 0) is 24.8 Å². The van der Waals surface area contributed by atoms with Crippen LogP contribution in [0.2, 0.25) is 0 Å². The second-order valence-electron chi connectivity index (χ2n) is 6.48. The summed E-state index contributed by atoms with van der Waals surface area (Å²) in [5.74, 6) is 1.48. The van der Waals surface area contributed by atoms with E-state index in [2.05, 4.69) is 44.9 Å². The topological polar surface area (TPSA) is 75.9 Å². The number of nitrogens with one attached hydrogen (secondary N) is 2. The molecule has 0 atom stereocenters. The fourth-order valence-electron chi connectivity index (χ4n) is 3.24. The quantitative estimate of drug-likeness (QED) is 0.703. The molecule has 0 unspecified atom stereocenters. The second kappa shape index (κ2) is 8.52. The van der Waals surface area contributed by atoms with Gasteiger partial charge < -0.3 is 16.4 Å². The van der Waals surface area contributed by atoms with Gasteiger partial charge in [0.15, 0.2) is 11.6 Å². The summed E-state index contributed by atoms with van der Waals surface area (Å²) in [7, 11) is 0. The highest BCUT2D eigenvalue weighted by Crippen LogP contribution is 2.26. The molecule has 1 fully saturated rings. The number of anilines is 3. The molecule has 5 nitrogen and oxygen atoms in total. The van der Waals surface area contributed by atoms with E-state index in [-0.39, 0.29) is 0 Å². The molecule has 1 aliphatic rings. The standard InChI is InChI=1S/C19H27N5/c20-17-18(21-13-12-15-8-4-3-5-9-15)22-14-23-19(17)24-16-10-6-1-2-7-11-16/h3-5,8-9,14,16H,1-2,6-7,10-13,20H2,(H2,21,22,23,24). The number of nitrogens with zero attached hydrogens (tertiary/aromatic N) is 2. The molecule has 0 spiro atoms. The van der Waals surface area contributed by atoms with Crippen LogP contribution in [0.3, 0.4) is 0 Å². The van der Waals surface area contributed by atoms with E-state index in [0.717, 1.165) is 24.6 Å². The molecule has 24 heavy (non-hydrogen) atoms. The van der Waals surface area contributed by atoms with Crippen LogP contribution in [0.4, 0.5) is 17.3 Å². The van der Waals surface area contributed by atoms with E-state index < -0.39 is 0 Å². The van der Waals surface area contributed by atoms with Crippen molar-refractivity contribution in [3.63, 3.8) is 0 Å². The smallest absolute Gasteiger partial charge is 0.155 e. The lowest BCUT2D eigenvalue weighted by Crippen LogP contribution is -2.21. The number of hydrogen-bond acceptors (Lipinski definition) is 5. The van der Waals surface area contributed by atoms with E-state index >= 15 is 0 Å². The van der Waals surface area contributed by atoms with Gasteiger partial charge >= 0.3 is 0 Å². The molecular weight excluding hydrogens is 298 g/mol. The predicted molar refractivity (Wildman–Crippen MR) is 100 cm³/mol. The lowest BCUT2D eigenvalue weighted by atomic mass is 10.1. The molecule has 128 valence electrons. The van der Waals surface area contributed by atoms with Gasteiger partial charge in [0.05, 0.1) is 0 Å². The van der Waals surface area contributed by atoms with Crippen molar-refractivity contribution >= 4 is 17.3 Å². The van der Waals surface area contributed by atoms with E-state index in [1.807, 2.05) is 6.07 Å². The first-order chi connectivity index (χ1) is 11.8. The second-order valence-corrected chi connectivity index (χ2v) is 6.48. The van der Waals surface area contributed by atoms with Crippen molar-refractivity contribution in [1.29, 1.82) is 0 Å². The zero-order valence-electron chi connectivity index (χ0n) is 14.2. The monoisotopic (exact) mass is 325 g/mol. The van der Waals surface area contributed by atoms with Crippen LogP contribution in [0.25, 0.3) is 0 Å². The number of rotatable bonds is 6. The number of aromatic nitrogens is 2. The summed E-state index contributed by atoms with van der Waals surface area (Å²) >= 11 is 0. The summed E-state index contributed by atoms with van der Waals surface area (Å²) in [6.07, 6.45) is 10.2. The molecule has 1 aromatic heterocycles. The Balaban J connectivity index is 1.58. The van der Waals surface area contributed by atoms with Gasteiger partial charge in [-0.15, -0.1) is 0 Å². The average Bonchev–Trinajstić information content (AvgIpc) is 2.88. The highest BCUT2D eigenvalue weighted by molar-refractivity contribution is 5.74. The zero-order valence-corrected chi connectivity index (χ0v) is 14.2. The number of nitrogen functional groups attached to an aromatic ring is 1. The van der Waals surface area contributed by atoms with E-state index in [1.54, 1.807) is 6.33 Å². The van der Waals surface area contributed by atoms with Crippen LogP contribution in [-0.4, -0.2) is 22.6 Å². The van der Waals surface area contributed by atoms with Crippen LogP contribution in [-0.2, 0) is 6.42 Å². The third-order valence-electron chi connectivity index (χ3n) is 4.63. The lowest BCUT2D eigenvalue weighted by Gasteiger charge is -2.19. The Morgan fingerprint density at radius 2 is 1.67 bits per heavy atom. The summed E-state index contributed by atoms with van der Waals surface area (Å²) in [5.41, 5.74) is 8.19. The maximum absolute atomic E-state index is 6.27. The lowest BCUT2D eigenvalue weighted by molar-refractivity contribution is 0.618. The Morgan fingerprint density at radius 3 is 2.42 bits per heavy atom. The molecule has 5 heteroatoms. The van der Waals surface area contributed by atoms with Crippen molar-refractivity contribution < 1.29 is 0 Å². The molecule has 4 N–H and O–H groups in total. The maximum atomic E-state index is 6.27. The molecule has 0 amide bonds. The van der Waals surface area contributed by atoms with Crippen molar-refractivity contribution in [1.82, 2.24) is 9.97 Å². The molecule has 1 aromatic carbocycles. The molecule has 0 bridgehead atoms. The highest BCUT2D eigenvalue weighted by atomic mass is 15.1. The average molecular weight is 325 g/mol. The SMILES string of the molecule is Nc1c(NCCc2ccccc2)ncnc1NC1CCCCCC1. The van der Waals surface area contributed by atoms with Crippen LogP contribution < -0.4 is 16.4 Å². The summed E-state index contributed by atoms with van der Waals surface area (Å²) in [6.45, 7) is 0.800. The summed E-state index contributed by atoms with van der Waals surface area (Å²) < 4.78 is 0. The van der Waals surface area contributed by atoms with Crippen LogP contribution in [0.1, 0.15) is 44.1 Å². The van der Waals surface area contributed by atoms with Crippen molar-refractivity contribution in [3.8, 4) is 0 Å². The Morgan fingerprint density at radius 1 is 0.958 bits per heavy atom. The minimum Gasteiger partial charge on any atom is -0.393 e. The fraction of sp³-hybridized carbons (Fsp3) is 0.474. The first-order valence-corrected chi connectivity index (χ1v) is 8.98. The van der Waals surface area contributed by atoms with Crippen LogP contribution in [0.15, 0.2) is 36.7 Å². The molecule has 1 saturated carbocycles. The largest absolute Gasteiger partial charge is 0.393 e. The summed E-state index contributed by atoms with van der Waals surface area (Å²) in [4.78, 5) is 8.64. The first kappa shape index (κ1) is 16.6. The molecule has 0 saturated heterocycles. The molecule has 3 rings (SSSR count). The normalized spacial score (nSPS) is 15.7. The number of nitrogens with two attached hydrogens (primary N) is 1. The van der Waals surface area contributed by atoms with Crippen molar-refractivity contribution in [3.05, 3.63) is 42.2 Å². The minimum atomic E-state index is 0.474. The van der Waals surface area contributed by atoms with E-state index in [0.29, 0.717) is 11.7 Å². The molecule has 1 heterocycles. The first-order valence-electron chi connectivity index (χ1n) is 8.98.